The predicted molar refractivity (Wildman–Crippen MR) is 131 cm³/mol. The van der Waals surface area contributed by atoms with Crippen LogP contribution in [0.15, 0.2) is 47.0 Å². The normalized spacial score (nSPS) is 36.3. The van der Waals surface area contributed by atoms with Crippen LogP contribution >= 0.6 is 0 Å². The maximum Gasteiger partial charge on any atom is 0.246 e. The molecule has 186 valence electrons. The molecule has 1 aromatic rings. The number of allylic oxidation sites excluding steroid dienone is 1. The maximum atomic E-state index is 13.2. The molecule has 5 aliphatic rings. The monoisotopic (exact) mass is 476 g/mol. The van der Waals surface area contributed by atoms with E-state index in [2.05, 4.69) is 37.8 Å². The first kappa shape index (κ1) is 22.7. The number of hydrogen-bond acceptors (Lipinski definition) is 6. The lowest BCUT2D eigenvalue weighted by atomic mass is 9.79. The fourth-order valence-corrected chi connectivity index (χ4v) is 7.03. The highest BCUT2D eigenvalue weighted by molar-refractivity contribution is 5.88. The summed E-state index contributed by atoms with van der Waals surface area (Å²) >= 11 is 0. The quantitative estimate of drug-likeness (QED) is 0.675. The first-order chi connectivity index (χ1) is 17.1. The highest BCUT2D eigenvalue weighted by Gasteiger charge is 2.45. The Balaban J connectivity index is 0.953. The van der Waals surface area contributed by atoms with E-state index in [1.165, 1.54) is 5.56 Å². The summed E-state index contributed by atoms with van der Waals surface area (Å²) < 4.78 is 0. The van der Waals surface area contributed by atoms with Crippen LogP contribution in [-0.4, -0.2) is 64.9 Å². The van der Waals surface area contributed by atoms with E-state index in [0.29, 0.717) is 29.6 Å². The van der Waals surface area contributed by atoms with Gasteiger partial charge in [0.15, 0.2) is 0 Å². The smallest absolute Gasteiger partial charge is 0.246 e. The Labute approximate surface area is 207 Å². The van der Waals surface area contributed by atoms with E-state index in [1.54, 1.807) is 0 Å². The van der Waals surface area contributed by atoms with Crippen LogP contribution in [0.25, 0.3) is 0 Å². The largest absolute Gasteiger partial charge is 0.342 e. The van der Waals surface area contributed by atoms with Crippen molar-refractivity contribution < 1.29 is 9.59 Å². The molecule has 8 heteroatoms. The van der Waals surface area contributed by atoms with Crippen LogP contribution in [-0.2, 0) is 9.59 Å². The number of aromatic nitrogens is 1. The van der Waals surface area contributed by atoms with E-state index in [1.807, 2.05) is 29.4 Å². The van der Waals surface area contributed by atoms with Gasteiger partial charge in [0.25, 0.3) is 0 Å². The van der Waals surface area contributed by atoms with E-state index >= 15 is 0 Å². The number of nitrogens with zero attached hydrogens (tertiary/aromatic N) is 5. The minimum absolute atomic E-state index is 0.0833. The third-order valence-corrected chi connectivity index (χ3v) is 9.14. The van der Waals surface area contributed by atoms with Gasteiger partial charge in [-0.05, 0) is 74.5 Å². The fourth-order valence-electron chi connectivity index (χ4n) is 7.03. The molecule has 0 spiro atoms. The molecular formula is C27H36N6O2. The Morgan fingerprint density at radius 1 is 0.971 bits per heavy atom. The van der Waals surface area contributed by atoms with Crippen LogP contribution < -0.4 is 5.43 Å². The molecule has 2 aliphatic carbocycles. The lowest BCUT2D eigenvalue weighted by Crippen LogP contribution is -2.44. The van der Waals surface area contributed by atoms with Crippen molar-refractivity contribution >= 4 is 11.8 Å². The number of amides is 2. The fraction of sp³-hybridized carbons (Fsp3) is 0.667. The van der Waals surface area contributed by atoms with Crippen LogP contribution in [0.1, 0.15) is 56.4 Å². The molecule has 1 N–H and O–H groups in total. The highest BCUT2D eigenvalue weighted by Crippen LogP contribution is 2.37. The first-order valence-corrected chi connectivity index (χ1v) is 13.4. The van der Waals surface area contributed by atoms with Gasteiger partial charge in [-0.25, -0.2) is 0 Å². The van der Waals surface area contributed by atoms with Crippen molar-refractivity contribution in [2.75, 3.05) is 26.2 Å². The van der Waals surface area contributed by atoms with Crippen molar-refractivity contribution in [2.45, 2.75) is 62.9 Å². The topological polar surface area (TPSA) is 90.3 Å². The summed E-state index contributed by atoms with van der Waals surface area (Å²) in [5.41, 5.74) is 4.42. The van der Waals surface area contributed by atoms with E-state index in [9.17, 15) is 9.59 Å². The van der Waals surface area contributed by atoms with E-state index < -0.39 is 0 Å². The zero-order chi connectivity index (χ0) is 23.8. The molecule has 2 saturated carbocycles. The van der Waals surface area contributed by atoms with Crippen LogP contribution in [0.4, 0.5) is 0 Å². The summed E-state index contributed by atoms with van der Waals surface area (Å²) in [6.45, 7) is 3.14. The SMILES string of the molecule is O=C(C=CC1CCC(c2cccnc2)CC1)N1CC2CN(C(=O)C3CCC4N=NNC4C3)CC2C1. The summed E-state index contributed by atoms with van der Waals surface area (Å²) in [7, 11) is 0. The molecule has 0 bridgehead atoms. The minimum atomic E-state index is 0.0833. The van der Waals surface area contributed by atoms with Gasteiger partial charge in [-0.3, -0.25) is 20.0 Å². The number of fused-ring (bicyclic) bond motifs is 2. The Morgan fingerprint density at radius 2 is 1.74 bits per heavy atom. The van der Waals surface area contributed by atoms with Gasteiger partial charge in [0.05, 0.1) is 12.1 Å². The molecule has 5 atom stereocenters. The summed E-state index contributed by atoms with van der Waals surface area (Å²) in [4.78, 5) is 34.4. The highest BCUT2D eigenvalue weighted by atomic mass is 16.2. The standard InChI is InChI=1S/C27H36N6O2/c34-26(10-5-18-3-6-19(7-4-18)21-2-1-11-28-13-21)32-14-22-16-33(17-23(22)15-32)27(35)20-8-9-24-25(12-20)30-31-29-24/h1-2,5,10-11,13,18-20,22-25H,3-4,6-9,12,14-17H2,(H,29,30). The second kappa shape index (κ2) is 9.70. The maximum absolute atomic E-state index is 13.2. The molecule has 3 aliphatic heterocycles. The molecule has 6 rings (SSSR count). The van der Waals surface area contributed by atoms with Crippen LogP contribution in [0.5, 0.6) is 0 Å². The number of likely N-dealkylation sites (tertiary alicyclic amines) is 2. The number of pyridine rings is 1. The molecule has 35 heavy (non-hydrogen) atoms. The van der Waals surface area contributed by atoms with E-state index in [-0.39, 0.29) is 23.9 Å². The zero-order valence-electron chi connectivity index (χ0n) is 20.3. The molecule has 4 heterocycles. The molecule has 1 aromatic heterocycles. The Bertz CT molecular complexity index is 975. The van der Waals surface area contributed by atoms with Crippen molar-refractivity contribution in [1.29, 1.82) is 0 Å². The second-order valence-corrected chi connectivity index (χ2v) is 11.3. The van der Waals surface area contributed by atoms with Gasteiger partial charge in [0.2, 0.25) is 11.8 Å². The first-order valence-electron chi connectivity index (χ1n) is 13.4. The molecule has 0 aromatic carbocycles. The molecule has 2 amide bonds. The lowest BCUT2D eigenvalue weighted by molar-refractivity contribution is -0.136. The van der Waals surface area contributed by atoms with E-state index in [0.717, 1.165) is 71.1 Å². The van der Waals surface area contributed by atoms with Crippen molar-refractivity contribution in [1.82, 2.24) is 20.2 Å². The van der Waals surface area contributed by atoms with Gasteiger partial charge >= 0.3 is 0 Å². The average Bonchev–Trinajstić information content (AvgIpc) is 3.62. The Hall–Kier alpha value is -2.77. The lowest BCUT2D eigenvalue weighted by Gasteiger charge is -2.31. The number of carbonyl (C=O) groups is 2. The molecule has 2 saturated heterocycles. The van der Waals surface area contributed by atoms with Gasteiger partial charge < -0.3 is 9.80 Å². The molecule has 4 fully saturated rings. The zero-order valence-corrected chi connectivity index (χ0v) is 20.3. The Morgan fingerprint density at radius 3 is 2.49 bits per heavy atom. The Kier molecular flexibility index (Phi) is 6.29. The van der Waals surface area contributed by atoms with Crippen LogP contribution in [0.2, 0.25) is 0 Å². The van der Waals surface area contributed by atoms with Gasteiger partial charge in [0, 0.05) is 56.3 Å². The third kappa shape index (κ3) is 4.71. The summed E-state index contributed by atoms with van der Waals surface area (Å²) in [5.74, 6) is 2.44. The molecule has 8 nitrogen and oxygen atoms in total. The van der Waals surface area contributed by atoms with Gasteiger partial charge in [-0.2, -0.15) is 5.11 Å². The number of nitrogens with one attached hydrogen (secondary N) is 1. The van der Waals surface area contributed by atoms with Gasteiger partial charge in [-0.15, -0.1) is 0 Å². The molecule has 0 radical (unpaired) electrons. The summed E-state index contributed by atoms with van der Waals surface area (Å²) in [5, 5.41) is 8.18. The van der Waals surface area contributed by atoms with Gasteiger partial charge in [-0.1, -0.05) is 17.4 Å². The molecular weight excluding hydrogens is 440 g/mol. The van der Waals surface area contributed by atoms with Crippen LogP contribution in [0, 0.1) is 23.7 Å². The molecule has 5 unspecified atom stereocenters. The average molecular weight is 477 g/mol. The number of rotatable bonds is 4. The van der Waals surface area contributed by atoms with E-state index in [4.69, 9.17) is 0 Å². The van der Waals surface area contributed by atoms with Crippen LogP contribution in [0.3, 0.4) is 0 Å². The van der Waals surface area contributed by atoms with Crippen molar-refractivity contribution in [3.8, 4) is 0 Å². The number of carbonyl (C=O) groups excluding carboxylic acids is 2. The van der Waals surface area contributed by atoms with Crippen molar-refractivity contribution in [2.24, 2.45) is 34.0 Å². The van der Waals surface area contributed by atoms with Crippen molar-refractivity contribution in [3.63, 3.8) is 0 Å². The summed E-state index contributed by atoms with van der Waals surface area (Å²) in [6.07, 6.45) is 15.1. The predicted octanol–water partition coefficient (Wildman–Crippen LogP) is 3.34. The second-order valence-electron chi connectivity index (χ2n) is 11.3. The number of hydrogen-bond donors (Lipinski definition) is 1. The summed E-state index contributed by atoms with van der Waals surface area (Å²) in [6, 6.07) is 4.68. The van der Waals surface area contributed by atoms with Gasteiger partial charge in [0.1, 0.15) is 0 Å². The van der Waals surface area contributed by atoms with Crippen molar-refractivity contribution in [3.05, 3.63) is 42.2 Å². The minimum Gasteiger partial charge on any atom is -0.342 e. The third-order valence-electron chi connectivity index (χ3n) is 9.14.